The molecule has 0 bridgehead atoms. The first-order chi connectivity index (χ1) is 8.61. The number of pyridine rings is 1. The standard InChI is InChI=1S/C13H19N5/c1-10(2)8-11(3)17-13(16-9-14)18-12-4-6-15-7-5-12/h4-7,10-11H,8H2,1-3H3,(H2,15,16,17,18)/t11-/m0/s1. The van der Waals surface area contributed by atoms with Crippen molar-refractivity contribution in [3.05, 3.63) is 24.5 Å². The Morgan fingerprint density at radius 3 is 2.61 bits per heavy atom. The third-order valence-corrected chi connectivity index (χ3v) is 2.28. The van der Waals surface area contributed by atoms with Crippen molar-refractivity contribution in [2.75, 3.05) is 5.32 Å². The van der Waals surface area contributed by atoms with Crippen molar-refractivity contribution in [2.45, 2.75) is 33.2 Å². The molecule has 0 radical (unpaired) electrons. The predicted octanol–water partition coefficient (Wildman–Crippen LogP) is 2.35. The minimum absolute atomic E-state index is 0.162. The smallest absolute Gasteiger partial charge is 0.209 e. The van der Waals surface area contributed by atoms with Gasteiger partial charge in [-0.3, -0.25) is 10.3 Å². The third kappa shape index (κ3) is 5.30. The molecule has 0 amide bonds. The normalized spacial score (nSPS) is 12.9. The van der Waals surface area contributed by atoms with E-state index < -0.39 is 0 Å². The first kappa shape index (κ1) is 14.0. The maximum Gasteiger partial charge on any atom is 0.209 e. The topological polar surface area (TPSA) is 73.1 Å². The highest BCUT2D eigenvalue weighted by Crippen LogP contribution is 2.08. The van der Waals surface area contributed by atoms with Crippen molar-refractivity contribution >= 4 is 11.6 Å². The van der Waals surface area contributed by atoms with E-state index in [1.54, 1.807) is 12.4 Å². The molecule has 1 atom stereocenters. The molecule has 18 heavy (non-hydrogen) atoms. The maximum atomic E-state index is 8.72. The molecule has 0 aromatic carbocycles. The van der Waals surface area contributed by atoms with Gasteiger partial charge in [-0.1, -0.05) is 13.8 Å². The fraction of sp³-hybridized carbons (Fsp3) is 0.462. The summed E-state index contributed by atoms with van der Waals surface area (Å²) in [6.07, 6.45) is 6.24. The van der Waals surface area contributed by atoms with Crippen LogP contribution in [-0.4, -0.2) is 17.0 Å². The SMILES string of the molecule is CC(C)C[C@H](C)N=C(NC#N)Nc1ccncc1. The van der Waals surface area contributed by atoms with Crippen LogP contribution in [0.25, 0.3) is 0 Å². The van der Waals surface area contributed by atoms with E-state index in [2.05, 4.69) is 34.5 Å². The lowest BCUT2D eigenvalue weighted by Crippen LogP contribution is -2.28. The van der Waals surface area contributed by atoms with E-state index in [4.69, 9.17) is 5.26 Å². The van der Waals surface area contributed by atoms with E-state index in [1.165, 1.54) is 0 Å². The Kier molecular flexibility index (Phi) is 5.65. The van der Waals surface area contributed by atoms with Gasteiger partial charge in [0.05, 0.1) is 6.04 Å². The van der Waals surface area contributed by atoms with Gasteiger partial charge in [-0.25, -0.2) is 4.99 Å². The first-order valence-corrected chi connectivity index (χ1v) is 6.01. The summed E-state index contributed by atoms with van der Waals surface area (Å²) in [5, 5.41) is 14.3. The van der Waals surface area contributed by atoms with Gasteiger partial charge in [-0.2, -0.15) is 5.26 Å². The van der Waals surface area contributed by atoms with Crippen LogP contribution in [0.3, 0.4) is 0 Å². The van der Waals surface area contributed by atoms with Gasteiger partial charge in [0.1, 0.15) is 0 Å². The molecule has 96 valence electrons. The highest BCUT2D eigenvalue weighted by molar-refractivity contribution is 5.94. The highest BCUT2D eigenvalue weighted by atomic mass is 15.2. The Hall–Kier alpha value is -2.09. The fourth-order valence-corrected chi connectivity index (χ4v) is 1.68. The Bertz CT molecular complexity index is 419. The summed E-state index contributed by atoms with van der Waals surface area (Å²) in [4.78, 5) is 8.39. The summed E-state index contributed by atoms with van der Waals surface area (Å²) in [6, 6.07) is 3.80. The number of hydrogen-bond acceptors (Lipinski definition) is 3. The summed E-state index contributed by atoms with van der Waals surface area (Å²) in [5.41, 5.74) is 0.850. The summed E-state index contributed by atoms with van der Waals surface area (Å²) in [5.74, 6) is 1.05. The summed E-state index contributed by atoms with van der Waals surface area (Å²) in [7, 11) is 0. The molecule has 0 saturated heterocycles. The van der Waals surface area contributed by atoms with E-state index >= 15 is 0 Å². The first-order valence-electron chi connectivity index (χ1n) is 6.01. The van der Waals surface area contributed by atoms with Crippen LogP contribution in [0.2, 0.25) is 0 Å². The molecule has 5 nitrogen and oxygen atoms in total. The molecule has 1 aromatic heterocycles. The van der Waals surface area contributed by atoms with Gasteiger partial charge in [0.15, 0.2) is 6.19 Å². The molecular weight excluding hydrogens is 226 g/mol. The average Bonchev–Trinajstić information content (AvgIpc) is 2.29. The van der Waals surface area contributed by atoms with Gasteiger partial charge in [0, 0.05) is 18.1 Å². The second-order valence-corrected chi connectivity index (χ2v) is 4.55. The minimum Gasteiger partial charge on any atom is -0.325 e. The molecule has 0 aliphatic rings. The molecule has 0 fully saturated rings. The van der Waals surface area contributed by atoms with Crippen LogP contribution >= 0.6 is 0 Å². The Labute approximate surface area is 108 Å². The van der Waals surface area contributed by atoms with Gasteiger partial charge >= 0.3 is 0 Å². The molecule has 0 spiro atoms. The van der Waals surface area contributed by atoms with E-state index in [0.717, 1.165) is 12.1 Å². The van der Waals surface area contributed by atoms with Crippen LogP contribution in [0.5, 0.6) is 0 Å². The predicted molar refractivity (Wildman–Crippen MR) is 73.0 cm³/mol. The number of aliphatic imine (C=N–C) groups is 1. The lowest BCUT2D eigenvalue weighted by Gasteiger charge is -2.13. The lowest BCUT2D eigenvalue weighted by molar-refractivity contribution is 0.521. The molecular formula is C13H19N5. The molecule has 1 rings (SSSR count). The van der Waals surface area contributed by atoms with Crippen LogP contribution in [0.1, 0.15) is 27.2 Å². The Morgan fingerprint density at radius 2 is 2.06 bits per heavy atom. The van der Waals surface area contributed by atoms with Gasteiger partial charge in [0.25, 0.3) is 0 Å². The van der Waals surface area contributed by atoms with Crippen molar-refractivity contribution in [1.29, 1.82) is 5.26 Å². The number of aromatic nitrogens is 1. The second kappa shape index (κ2) is 7.28. The third-order valence-electron chi connectivity index (χ3n) is 2.28. The summed E-state index contributed by atoms with van der Waals surface area (Å²) < 4.78 is 0. The molecule has 0 aliphatic heterocycles. The highest BCUT2D eigenvalue weighted by Gasteiger charge is 2.06. The van der Waals surface area contributed by atoms with E-state index in [1.807, 2.05) is 25.2 Å². The Balaban J connectivity index is 2.70. The Morgan fingerprint density at radius 1 is 1.39 bits per heavy atom. The zero-order valence-electron chi connectivity index (χ0n) is 11.0. The number of nitriles is 1. The summed E-state index contributed by atoms with van der Waals surface area (Å²) >= 11 is 0. The molecule has 1 heterocycles. The van der Waals surface area contributed by atoms with Crippen LogP contribution in [0, 0.1) is 17.4 Å². The molecule has 5 heteroatoms. The number of anilines is 1. The van der Waals surface area contributed by atoms with Crippen LogP contribution < -0.4 is 10.6 Å². The van der Waals surface area contributed by atoms with Crippen molar-refractivity contribution < 1.29 is 0 Å². The van der Waals surface area contributed by atoms with Crippen molar-refractivity contribution in [1.82, 2.24) is 10.3 Å². The van der Waals surface area contributed by atoms with Crippen LogP contribution in [-0.2, 0) is 0 Å². The molecule has 0 saturated carbocycles. The molecule has 1 aromatic rings. The summed E-state index contributed by atoms with van der Waals surface area (Å²) in [6.45, 7) is 6.34. The number of nitrogens with one attached hydrogen (secondary N) is 2. The average molecular weight is 245 g/mol. The van der Waals surface area contributed by atoms with Crippen molar-refractivity contribution in [3.63, 3.8) is 0 Å². The minimum atomic E-state index is 0.162. The van der Waals surface area contributed by atoms with Crippen LogP contribution in [0.4, 0.5) is 5.69 Å². The zero-order chi connectivity index (χ0) is 13.4. The number of guanidine groups is 1. The van der Waals surface area contributed by atoms with Crippen molar-refractivity contribution in [2.24, 2.45) is 10.9 Å². The monoisotopic (exact) mass is 245 g/mol. The van der Waals surface area contributed by atoms with Crippen molar-refractivity contribution in [3.8, 4) is 6.19 Å². The van der Waals surface area contributed by atoms with Gasteiger partial charge in [0.2, 0.25) is 5.96 Å². The second-order valence-electron chi connectivity index (χ2n) is 4.55. The van der Waals surface area contributed by atoms with E-state index in [0.29, 0.717) is 11.9 Å². The van der Waals surface area contributed by atoms with Gasteiger partial charge < -0.3 is 5.32 Å². The number of hydrogen-bond donors (Lipinski definition) is 2. The number of nitrogens with zero attached hydrogens (tertiary/aromatic N) is 3. The lowest BCUT2D eigenvalue weighted by atomic mass is 10.1. The largest absolute Gasteiger partial charge is 0.325 e. The maximum absolute atomic E-state index is 8.72. The molecule has 0 unspecified atom stereocenters. The van der Waals surface area contributed by atoms with Gasteiger partial charge in [-0.05, 0) is 31.4 Å². The van der Waals surface area contributed by atoms with E-state index in [9.17, 15) is 0 Å². The molecule has 0 aliphatic carbocycles. The quantitative estimate of drug-likeness (QED) is 0.369. The molecule has 2 N–H and O–H groups in total. The van der Waals surface area contributed by atoms with Gasteiger partial charge in [-0.15, -0.1) is 0 Å². The van der Waals surface area contributed by atoms with Crippen LogP contribution in [0.15, 0.2) is 29.5 Å². The fourth-order valence-electron chi connectivity index (χ4n) is 1.68. The zero-order valence-corrected chi connectivity index (χ0v) is 11.0. The number of rotatable bonds is 4. The van der Waals surface area contributed by atoms with E-state index in [-0.39, 0.29) is 6.04 Å².